The molecule has 0 aliphatic heterocycles. The van der Waals surface area contributed by atoms with Crippen LogP contribution in [0.25, 0.3) is 0 Å². The van der Waals surface area contributed by atoms with Crippen LogP contribution in [0.5, 0.6) is 0 Å². The number of ether oxygens (including phenoxy) is 1. The molecular weight excluding hydrogens is 282 g/mol. The summed E-state index contributed by atoms with van der Waals surface area (Å²) in [6.45, 7) is 5.67. The summed E-state index contributed by atoms with van der Waals surface area (Å²) in [5, 5.41) is 0. The van der Waals surface area contributed by atoms with Crippen LogP contribution in [-0.4, -0.2) is 16.6 Å². The van der Waals surface area contributed by atoms with Gasteiger partial charge in [-0.2, -0.15) is 0 Å². The highest BCUT2D eigenvalue weighted by Gasteiger charge is 2.47. The lowest BCUT2D eigenvalue weighted by atomic mass is 10.2. The molecule has 0 saturated heterocycles. The van der Waals surface area contributed by atoms with Gasteiger partial charge in [-0.15, -0.1) is 0 Å². The van der Waals surface area contributed by atoms with Gasteiger partial charge in [-0.1, -0.05) is 0 Å². The second-order valence-electron chi connectivity index (χ2n) is 5.38. The minimum Gasteiger partial charge on any atom is -0.460 e. The average Bonchev–Trinajstić information content (AvgIpc) is 2.96. The van der Waals surface area contributed by atoms with Gasteiger partial charge in [-0.25, -0.2) is 0 Å². The lowest BCUT2D eigenvalue weighted by Crippen LogP contribution is -2.25. The molecule has 1 aliphatic carbocycles. The van der Waals surface area contributed by atoms with E-state index in [1.165, 1.54) is 0 Å². The summed E-state index contributed by atoms with van der Waals surface area (Å²) < 4.78 is 6.32. The molecule has 1 unspecified atom stereocenters. The quantitative estimate of drug-likeness (QED) is 0.786. The molecule has 0 radical (unpaired) electrons. The van der Waals surface area contributed by atoms with Crippen LogP contribution in [0.15, 0.2) is 22.8 Å². The van der Waals surface area contributed by atoms with Gasteiger partial charge in [0.1, 0.15) is 5.60 Å². The van der Waals surface area contributed by atoms with E-state index >= 15 is 0 Å². The minimum absolute atomic E-state index is 0.0112. The summed E-state index contributed by atoms with van der Waals surface area (Å²) in [6, 6.07) is 3.91. The molecule has 1 aromatic rings. The number of rotatable bonds is 2. The Balaban J connectivity index is 1.96. The van der Waals surface area contributed by atoms with Gasteiger partial charge in [0, 0.05) is 22.3 Å². The van der Waals surface area contributed by atoms with Gasteiger partial charge in [0.2, 0.25) is 0 Å². The highest BCUT2D eigenvalue weighted by Crippen LogP contribution is 2.47. The van der Waals surface area contributed by atoms with Crippen LogP contribution >= 0.6 is 15.9 Å². The molecule has 0 amide bonds. The molecule has 0 spiro atoms. The first-order chi connectivity index (χ1) is 7.87. The standard InChI is InChI=1S/C13H16BrNO2/c1-13(2,3)17-12(16)10-6-9(10)11-5-4-8(14)7-15-11/h4-5,7,9-10H,6H2,1-3H3/t9?,10-/m1/s1. The van der Waals surface area contributed by atoms with Crippen LogP contribution in [0.4, 0.5) is 0 Å². The third kappa shape index (κ3) is 3.28. The zero-order chi connectivity index (χ0) is 12.6. The molecule has 0 aromatic carbocycles. The van der Waals surface area contributed by atoms with Gasteiger partial charge < -0.3 is 4.74 Å². The first kappa shape index (κ1) is 12.6. The van der Waals surface area contributed by atoms with Crippen LogP contribution < -0.4 is 0 Å². The van der Waals surface area contributed by atoms with Crippen LogP contribution in [0, 0.1) is 5.92 Å². The van der Waals surface area contributed by atoms with E-state index in [-0.39, 0.29) is 17.8 Å². The van der Waals surface area contributed by atoms with Crippen molar-refractivity contribution in [1.82, 2.24) is 4.98 Å². The summed E-state index contributed by atoms with van der Waals surface area (Å²) in [7, 11) is 0. The molecule has 1 saturated carbocycles. The van der Waals surface area contributed by atoms with Crippen molar-refractivity contribution in [2.24, 2.45) is 5.92 Å². The average molecular weight is 298 g/mol. The molecule has 3 nitrogen and oxygen atoms in total. The number of carbonyl (C=O) groups is 1. The minimum atomic E-state index is -0.405. The van der Waals surface area contributed by atoms with E-state index in [0.29, 0.717) is 0 Å². The number of halogens is 1. The zero-order valence-corrected chi connectivity index (χ0v) is 11.8. The Morgan fingerprint density at radius 1 is 1.47 bits per heavy atom. The lowest BCUT2D eigenvalue weighted by Gasteiger charge is -2.19. The second-order valence-corrected chi connectivity index (χ2v) is 6.30. The van der Waals surface area contributed by atoms with Crippen LogP contribution in [0.1, 0.15) is 38.8 Å². The number of nitrogens with zero attached hydrogens (tertiary/aromatic N) is 1. The molecule has 0 N–H and O–H groups in total. The fourth-order valence-electron chi connectivity index (χ4n) is 1.77. The van der Waals surface area contributed by atoms with Crippen LogP contribution in [0.3, 0.4) is 0 Å². The first-order valence-electron chi connectivity index (χ1n) is 5.71. The van der Waals surface area contributed by atoms with Gasteiger partial charge in [0.05, 0.1) is 5.92 Å². The van der Waals surface area contributed by atoms with E-state index in [2.05, 4.69) is 20.9 Å². The van der Waals surface area contributed by atoms with Gasteiger partial charge in [-0.3, -0.25) is 9.78 Å². The molecule has 0 bridgehead atoms. The molecule has 4 heteroatoms. The summed E-state index contributed by atoms with van der Waals surface area (Å²) in [6.07, 6.45) is 2.61. The van der Waals surface area contributed by atoms with E-state index in [4.69, 9.17) is 4.74 Å². The van der Waals surface area contributed by atoms with Crippen molar-refractivity contribution in [3.63, 3.8) is 0 Å². The smallest absolute Gasteiger partial charge is 0.310 e. The molecule has 1 aliphatic rings. The largest absolute Gasteiger partial charge is 0.460 e. The maximum Gasteiger partial charge on any atom is 0.310 e. The van der Waals surface area contributed by atoms with Crippen molar-refractivity contribution in [3.05, 3.63) is 28.5 Å². The molecule has 1 aromatic heterocycles. The number of aromatic nitrogens is 1. The lowest BCUT2D eigenvalue weighted by molar-refractivity contribution is -0.156. The molecule has 17 heavy (non-hydrogen) atoms. The Kier molecular flexibility index (Phi) is 3.25. The van der Waals surface area contributed by atoms with Crippen molar-refractivity contribution in [2.75, 3.05) is 0 Å². The maximum absolute atomic E-state index is 11.8. The van der Waals surface area contributed by atoms with Crippen molar-refractivity contribution >= 4 is 21.9 Å². The van der Waals surface area contributed by atoms with Crippen molar-refractivity contribution in [3.8, 4) is 0 Å². The molecule has 2 rings (SSSR count). The summed E-state index contributed by atoms with van der Waals surface area (Å²) in [5.41, 5.74) is 0.571. The fourth-order valence-corrected chi connectivity index (χ4v) is 2.00. The Hall–Kier alpha value is -0.900. The number of carbonyl (C=O) groups excluding carboxylic acids is 1. The number of hydrogen-bond acceptors (Lipinski definition) is 3. The second kappa shape index (κ2) is 4.41. The number of esters is 1. The van der Waals surface area contributed by atoms with Crippen molar-refractivity contribution in [2.45, 2.75) is 38.7 Å². The Morgan fingerprint density at radius 2 is 2.18 bits per heavy atom. The predicted octanol–water partition coefficient (Wildman–Crippen LogP) is 3.29. The van der Waals surface area contributed by atoms with Crippen LogP contribution in [-0.2, 0) is 9.53 Å². The molecule has 1 fully saturated rings. The highest BCUT2D eigenvalue weighted by molar-refractivity contribution is 9.10. The Labute approximate surface area is 110 Å². The zero-order valence-electron chi connectivity index (χ0n) is 10.2. The molecule has 92 valence electrons. The van der Waals surface area contributed by atoms with Gasteiger partial charge in [0.15, 0.2) is 0 Å². The van der Waals surface area contributed by atoms with Crippen LogP contribution in [0.2, 0.25) is 0 Å². The third-order valence-corrected chi connectivity index (χ3v) is 3.10. The van der Waals surface area contributed by atoms with E-state index in [1.807, 2.05) is 32.9 Å². The SMILES string of the molecule is CC(C)(C)OC(=O)[C@@H]1CC1c1ccc(Br)cn1. The van der Waals surface area contributed by atoms with Gasteiger partial charge in [-0.05, 0) is 55.3 Å². The molecular formula is C13H16BrNO2. The first-order valence-corrected chi connectivity index (χ1v) is 6.50. The van der Waals surface area contributed by atoms with Gasteiger partial charge >= 0.3 is 5.97 Å². The molecule has 1 heterocycles. The topological polar surface area (TPSA) is 39.2 Å². The fraction of sp³-hybridized carbons (Fsp3) is 0.538. The van der Waals surface area contributed by atoms with Crippen molar-refractivity contribution < 1.29 is 9.53 Å². The van der Waals surface area contributed by atoms with E-state index < -0.39 is 5.60 Å². The Morgan fingerprint density at radius 3 is 2.71 bits per heavy atom. The number of pyridine rings is 1. The van der Waals surface area contributed by atoms with E-state index in [0.717, 1.165) is 16.6 Å². The molecule has 2 atom stereocenters. The normalized spacial score (nSPS) is 23.3. The highest BCUT2D eigenvalue weighted by atomic mass is 79.9. The summed E-state index contributed by atoms with van der Waals surface area (Å²) >= 11 is 3.34. The van der Waals surface area contributed by atoms with E-state index in [9.17, 15) is 4.79 Å². The Bertz CT molecular complexity index is 422. The summed E-state index contributed by atoms with van der Waals surface area (Å²) in [5.74, 6) is 0.119. The summed E-state index contributed by atoms with van der Waals surface area (Å²) in [4.78, 5) is 16.1. The monoisotopic (exact) mass is 297 g/mol. The van der Waals surface area contributed by atoms with E-state index in [1.54, 1.807) is 6.20 Å². The maximum atomic E-state index is 11.8. The van der Waals surface area contributed by atoms with Gasteiger partial charge in [0.25, 0.3) is 0 Å². The van der Waals surface area contributed by atoms with Crippen molar-refractivity contribution in [1.29, 1.82) is 0 Å². The third-order valence-electron chi connectivity index (χ3n) is 2.63. The number of hydrogen-bond donors (Lipinski definition) is 0. The predicted molar refractivity (Wildman–Crippen MR) is 68.6 cm³/mol.